The van der Waals surface area contributed by atoms with Crippen molar-refractivity contribution >= 4 is 5.97 Å². The lowest BCUT2D eigenvalue weighted by Gasteiger charge is -2.11. The Morgan fingerprint density at radius 3 is 2.81 bits per heavy atom. The highest BCUT2D eigenvalue weighted by atomic mass is 19.1. The monoisotopic (exact) mass is 228 g/mol. The number of pyridine rings is 1. The van der Waals surface area contributed by atoms with Crippen molar-refractivity contribution < 1.29 is 18.7 Å². The molecule has 0 spiro atoms. The van der Waals surface area contributed by atoms with Gasteiger partial charge in [-0.05, 0) is 12.8 Å². The SMILES string of the molecule is O=C(O)[C@@H]1CC[C@H](c2ncc(F)cc2F)N1. The Morgan fingerprint density at radius 1 is 1.50 bits per heavy atom. The van der Waals surface area contributed by atoms with E-state index in [4.69, 9.17) is 5.11 Å². The zero-order chi connectivity index (χ0) is 11.7. The summed E-state index contributed by atoms with van der Waals surface area (Å²) in [6.45, 7) is 0. The number of nitrogens with zero attached hydrogens (tertiary/aromatic N) is 1. The number of hydrogen-bond donors (Lipinski definition) is 2. The Hall–Kier alpha value is -1.56. The number of rotatable bonds is 2. The van der Waals surface area contributed by atoms with Gasteiger partial charge in [-0.3, -0.25) is 15.1 Å². The van der Waals surface area contributed by atoms with Gasteiger partial charge in [-0.2, -0.15) is 0 Å². The van der Waals surface area contributed by atoms with Crippen molar-refractivity contribution in [3.05, 3.63) is 29.6 Å². The van der Waals surface area contributed by atoms with Gasteiger partial charge >= 0.3 is 5.97 Å². The van der Waals surface area contributed by atoms with Gasteiger partial charge in [0.25, 0.3) is 0 Å². The first-order chi connectivity index (χ1) is 7.58. The predicted molar refractivity (Wildman–Crippen MR) is 50.7 cm³/mol. The van der Waals surface area contributed by atoms with E-state index in [0.717, 1.165) is 12.3 Å². The Kier molecular flexibility index (Phi) is 2.82. The average molecular weight is 228 g/mol. The number of aliphatic carboxylic acids is 1. The van der Waals surface area contributed by atoms with Crippen LogP contribution in [0.4, 0.5) is 8.78 Å². The molecule has 1 aliphatic rings. The van der Waals surface area contributed by atoms with E-state index in [-0.39, 0.29) is 5.69 Å². The number of aromatic nitrogens is 1. The summed E-state index contributed by atoms with van der Waals surface area (Å²) in [5.74, 6) is -2.46. The van der Waals surface area contributed by atoms with Gasteiger partial charge in [0, 0.05) is 6.07 Å². The summed E-state index contributed by atoms with van der Waals surface area (Å²) >= 11 is 0. The maximum Gasteiger partial charge on any atom is 0.320 e. The van der Waals surface area contributed by atoms with Crippen molar-refractivity contribution in [3.63, 3.8) is 0 Å². The van der Waals surface area contributed by atoms with Crippen LogP contribution in [0.25, 0.3) is 0 Å². The molecule has 0 saturated carbocycles. The van der Waals surface area contributed by atoms with Crippen LogP contribution < -0.4 is 5.32 Å². The van der Waals surface area contributed by atoms with Gasteiger partial charge in [-0.25, -0.2) is 8.78 Å². The lowest BCUT2D eigenvalue weighted by molar-refractivity contribution is -0.139. The molecule has 0 aliphatic carbocycles. The second-order valence-electron chi connectivity index (χ2n) is 3.71. The molecule has 1 aliphatic heterocycles. The van der Waals surface area contributed by atoms with Crippen LogP contribution in [0, 0.1) is 11.6 Å². The van der Waals surface area contributed by atoms with E-state index in [1.807, 2.05) is 0 Å². The fourth-order valence-corrected chi connectivity index (χ4v) is 1.83. The summed E-state index contributed by atoms with van der Waals surface area (Å²) in [5, 5.41) is 11.5. The molecule has 86 valence electrons. The number of carboxylic acids is 1. The smallest absolute Gasteiger partial charge is 0.320 e. The van der Waals surface area contributed by atoms with Crippen molar-refractivity contribution in [2.24, 2.45) is 0 Å². The molecule has 2 atom stereocenters. The van der Waals surface area contributed by atoms with Gasteiger partial charge in [-0.1, -0.05) is 0 Å². The van der Waals surface area contributed by atoms with Crippen molar-refractivity contribution in [1.82, 2.24) is 10.3 Å². The lowest BCUT2D eigenvalue weighted by Crippen LogP contribution is -2.32. The highest BCUT2D eigenvalue weighted by Gasteiger charge is 2.31. The Labute approximate surface area is 90.3 Å². The third-order valence-electron chi connectivity index (χ3n) is 2.61. The third-order valence-corrected chi connectivity index (χ3v) is 2.61. The van der Waals surface area contributed by atoms with Crippen molar-refractivity contribution in [3.8, 4) is 0 Å². The minimum Gasteiger partial charge on any atom is -0.480 e. The first-order valence-corrected chi connectivity index (χ1v) is 4.87. The first kappa shape index (κ1) is 10.9. The number of hydrogen-bond acceptors (Lipinski definition) is 3. The van der Waals surface area contributed by atoms with E-state index in [2.05, 4.69) is 10.3 Å². The highest BCUT2D eigenvalue weighted by molar-refractivity contribution is 5.73. The maximum atomic E-state index is 13.3. The molecule has 0 unspecified atom stereocenters. The van der Waals surface area contributed by atoms with Crippen molar-refractivity contribution in [2.45, 2.75) is 24.9 Å². The first-order valence-electron chi connectivity index (χ1n) is 4.87. The summed E-state index contributed by atoms with van der Waals surface area (Å²) in [7, 11) is 0. The molecule has 0 radical (unpaired) electrons. The predicted octanol–water partition coefficient (Wildman–Crippen LogP) is 1.24. The second kappa shape index (κ2) is 4.13. The van der Waals surface area contributed by atoms with Crippen LogP contribution in [0.5, 0.6) is 0 Å². The van der Waals surface area contributed by atoms with Gasteiger partial charge < -0.3 is 5.11 Å². The molecule has 0 amide bonds. The molecule has 2 N–H and O–H groups in total. The van der Waals surface area contributed by atoms with Crippen LogP contribution in [-0.4, -0.2) is 22.1 Å². The Bertz CT molecular complexity index is 425. The molecule has 4 nitrogen and oxygen atoms in total. The summed E-state index contributed by atoms with van der Waals surface area (Å²) in [6.07, 6.45) is 1.82. The minimum absolute atomic E-state index is 0.0742. The van der Waals surface area contributed by atoms with Crippen LogP contribution >= 0.6 is 0 Å². The van der Waals surface area contributed by atoms with E-state index in [1.165, 1.54) is 0 Å². The number of nitrogens with one attached hydrogen (secondary N) is 1. The highest BCUT2D eigenvalue weighted by Crippen LogP contribution is 2.27. The number of carbonyl (C=O) groups is 1. The van der Waals surface area contributed by atoms with Gasteiger partial charge in [0.15, 0.2) is 0 Å². The molecule has 6 heteroatoms. The van der Waals surface area contributed by atoms with Crippen LogP contribution in [0.2, 0.25) is 0 Å². The van der Waals surface area contributed by atoms with Crippen LogP contribution in [0.3, 0.4) is 0 Å². The van der Waals surface area contributed by atoms with Gasteiger partial charge in [-0.15, -0.1) is 0 Å². The third kappa shape index (κ3) is 2.01. The van der Waals surface area contributed by atoms with E-state index in [9.17, 15) is 13.6 Å². The zero-order valence-electron chi connectivity index (χ0n) is 8.28. The molecular weight excluding hydrogens is 218 g/mol. The van der Waals surface area contributed by atoms with Gasteiger partial charge in [0.05, 0.1) is 17.9 Å². The molecule has 16 heavy (non-hydrogen) atoms. The van der Waals surface area contributed by atoms with E-state index < -0.39 is 29.7 Å². The molecule has 1 aromatic rings. The van der Waals surface area contributed by atoms with Crippen LogP contribution in [0.15, 0.2) is 12.3 Å². The fraction of sp³-hybridized carbons (Fsp3) is 0.400. The van der Waals surface area contributed by atoms with Crippen LogP contribution in [-0.2, 0) is 4.79 Å². The number of carboxylic acid groups (broad SMARTS) is 1. The lowest BCUT2D eigenvalue weighted by atomic mass is 10.1. The summed E-state index contributed by atoms with van der Waals surface area (Å²) in [6, 6.07) is -0.393. The standard InChI is InChI=1S/C10H10F2N2O2/c11-5-3-6(12)9(13-4-5)7-1-2-8(14-7)10(15)16/h3-4,7-8,14H,1-2H2,(H,15,16)/t7-,8+/m1/s1. The average Bonchev–Trinajstić information content (AvgIpc) is 2.66. The molecule has 0 aromatic carbocycles. The summed E-state index contributed by atoms with van der Waals surface area (Å²) < 4.78 is 26.0. The van der Waals surface area contributed by atoms with E-state index in [0.29, 0.717) is 12.8 Å². The quantitative estimate of drug-likeness (QED) is 0.799. The zero-order valence-corrected chi connectivity index (χ0v) is 8.28. The minimum atomic E-state index is -0.968. The normalized spacial score (nSPS) is 24.6. The topological polar surface area (TPSA) is 62.2 Å². The molecule has 2 heterocycles. The second-order valence-corrected chi connectivity index (χ2v) is 3.71. The summed E-state index contributed by atoms with van der Waals surface area (Å²) in [4.78, 5) is 14.3. The molecule has 1 saturated heterocycles. The molecule has 1 aromatic heterocycles. The van der Waals surface area contributed by atoms with E-state index in [1.54, 1.807) is 0 Å². The summed E-state index contributed by atoms with van der Waals surface area (Å²) in [5.41, 5.74) is 0.0742. The Morgan fingerprint density at radius 2 is 2.25 bits per heavy atom. The molecule has 0 bridgehead atoms. The van der Waals surface area contributed by atoms with Gasteiger partial charge in [0.2, 0.25) is 0 Å². The molecule has 1 fully saturated rings. The van der Waals surface area contributed by atoms with Crippen molar-refractivity contribution in [2.75, 3.05) is 0 Å². The van der Waals surface area contributed by atoms with Crippen LogP contribution in [0.1, 0.15) is 24.6 Å². The maximum absolute atomic E-state index is 13.3. The molecular formula is C10H10F2N2O2. The fourth-order valence-electron chi connectivity index (χ4n) is 1.83. The molecule has 2 rings (SSSR count). The van der Waals surface area contributed by atoms with Crippen molar-refractivity contribution in [1.29, 1.82) is 0 Å². The Balaban J connectivity index is 2.17. The largest absolute Gasteiger partial charge is 0.480 e. The number of halogens is 2. The van der Waals surface area contributed by atoms with Gasteiger partial charge in [0.1, 0.15) is 17.7 Å². The van der Waals surface area contributed by atoms with E-state index >= 15 is 0 Å².